The van der Waals surface area contributed by atoms with Gasteiger partial charge in [0.2, 0.25) is 5.91 Å². The van der Waals surface area contributed by atoms with Gasteiger partial charge in [0.15, 0.2) is 5.13 Å². The lowest BCUT2D eigenvalue weighted by molar-refractivity contribution is -0.137. The molecule has 0 fully saturated rings. The first-order chi connectivity index (χ1) is 12.8. The minimum atomic E-state index is -4.42. The summed E-state index contributed by atoms with van der Waals surface area (Å²) in [4.78, 5) is 16.4. The predicted octanol–water partition coefficient (Wildman–Crippen LogP) is 5.02. The van der Waals surface area contributed by atoms with Gasteiger partial charge in [-0.3, -0.25) is 4.79 Å². The number of nitrogens with one attached hydrogen (secondary N) is 1. The van der Waals surface area contributed by atoms with Gasteiger partial charge >= 0.3 is 6.18 Å². The summed E-state index contributed by atoms with van der Waals surface area (Å²) < 4.78 is 43.6. The van der Waals surface area contributed by atoms with Crippen LogP contribution >= 0.6 is 11.3 Å². The fraction of sp³-hybridized carbons (Fsp3) is 0.158. The van der Waals surface area contributed by atoms with Gasteiger partial charge in [-0.1, -0.05) is 24.3 Å². The number of hydrogen-bond acceptors (Lipinski definition) is 4. The fourth-order valence-corrected chi connectivity index (χ4v) is 3.15. The van der Waals surface area contributed by atoms with Gasteiger partial charge in [0.25, 0.3) is 0 Å². The van der Waals surface area contributed by atoms with E-state index in [2.05, 4.69) is 10.3 Å². The average Bonchev–Trinajstić information content (AvgIpc) is 3.10. The number of rotatable bonds is 5. The van der Waals surface area contributed by atoms with Gasteiger partial charge in [-0.2, -0.15) is 13.2 Å². The largest absolute Gasteiger partial charge is 0.497 e. The van der Waals surface area contributed by atoms with Gasteiger partial charge in [-0.05, 0) is 29.8 Å². The van der Waals surface area contributed by atoms with Crippen LogP contribution in [0.1, 0.15) is 11.1 Å². The molecule has 4 nitrogen and oxygen atoms in total. The number of aromatic nitrogens is 1. The molecule has 140 valence electrons. The normalized spacial score (nSPS) is 11.3. The summed E-state index contributed by atoms with van der Waals surface area (Å²) in [7, 11) is 1.56. The summed E-state index contributed by atoms with van der Waals surface area (Å²) in [5.74, 6) is 0.440. The highest BCUT2D eigenvalue weighted by atomic mass is 32.1. The van der Waals surface area contributed by atoms with E-state index in [9.17, 15) is 18.0 Å². The van der Waals surface area contributed by atoms with Crippen LogP contribution in [0.15, 0.2) is 53.9 Å². The van der Waals surface area contributed by atoms with E-state index in [0.717, 1.165) is 29.0 Å². The highest BCUT2D eigenvalue weighted by Gasteiger charge is 2.30. The van der Waals surface area contributed by atoms with Crippen molar-refractivity contribution in [2.24, 2.45) is 0 Å². The first kappa shape index (κ1) is 18.9. The molecule has 0 unspecified atom stereocenters. The number of benzene rings is 2. The first-order valence-electron chi connectivity index (χ1n) is 7.91. The summed E-state index contributed by atoms with van der Waals surface area (Å²) in [5.41, 5.74) is 0.795. The molecule has 0 atom stereocenters. The van der Waals surface area contributed by atoms with E-state index in [-0.39, 0.29) is 12.3 Å². The van der Waals surface area contributed by atoms with Crippen molar-refractivity contribution in [2.45, 2.75) is 12.6 Å². The second-order valence-corrected chi connectivity index (χ2v) is 6.55. The van der Waals surface area contributed by atoms with E-state index in [1.165, 1.54) is 6.07 Å². The van der Waals surface area contributed by atoms with E-state index in [1.807, 2.05) is 0 Å². The van der Waals surface area contributed by atoms with E-state index in [4.69, 9.17) is 4.74 Å². The molecule has 27 heavy (non-hydrogen) atoms. The summed E-state index contributed by atoms with van der Waals surface area (Å²) in [6.45, 7) is 0. The number of amides is 1. The zero-order chi connectivity index (χ0) is 19.4. The zero-order valence-corrected chi connectivity index (χ0v) is 15.0. The van der Waals surface area contributed by atoms with Crippen LogP contribution in [0.4, 0.5) is 18.3 Å². The van der Waals surface area contributed by atoms with Crippen LogP contribution in [0.2, 0.25) is 0 Å². The molecule has 1 heterocycles. The maximum absolute atomic E-state index is 12.8. The Morgan fingerprint density at radius 1 is 1.19 bits per heavy atom. The maximum Gasteiger partial charge on any atom is 0.416 e. The molecule has 1 N–H and O–H groups in total. The molecule has 3 aromatic rings. The number of alkyl halides is 3. The van der Waals surface area contributed by atoms with Crippen molar-refractivity contribution in [3.63, 3.8) is 0 Å². The van der Waals surface area contributed by atoms with Crippen LogP contribution in [0.25, 0.3) is 11.3 Å². The van der Waals surface area contributed by atoms with Crippen molar-refractivity contribution >= 4 is 22.4 Å². The van der Waals surface area contributed by atoms with Crippen molar-refractivity contribution < 1.29 is 22.7 Å². The van der Waals surface area contributed by atoms with Crippen LogP contribution < -0.4 is 10.1 Å². The van der Waals surface area contributed by atoms with Gasteiger partial charge in [0, 0.05) is 10.9 Å². The van der Waals surface area contributed by atoms with Crippen LogP contribution in [0.3, 0.4) is 0 Å². The highest BCUT2D eigenvalue weighted by Crippen LogP contribution is 2.33. The van der Waals surface area contributed by atoms with Crippen molar-refractivity contribution in [1.29, 1.82) is 0 Å². The topological polar surface area (TPSA) is 51.2 Å². The smallest absolute Gasteiger partial charge is 0.416 e. The summed E-state index contributed by atoms with van der Waals surface area (Å²) in [5, 5.41) is 4.61. The Kier molecular flexibility index (Phi) is 5.46. The average molecular weight is 392 g/mol. The molecule has 8 heteroatoms. The number of thiazole rings is 1. The van der Waals surface area contributed by atoms with Gasteiger partial charge in [0.1, 0.15) is 5.75 Å². The Bertz CT molecular complexity index is 937. The molecule has 0 bridgehead atoms. The Morgan fingerprint density at radius 2 is 1.93 bits per heavy atom. The molecular weight excluding hydrogens is 377 g/mol. The van der Waals surface area contributed by atoms with E-state index in [1.54, 1.807) is 42.8 Å². The molecule has 0 aliphatic carbocycles. The van der Waals surface area contributed by atoms with E-state index in [0.29, 0.717) is 22.1 Å². The molecule has 0 saturated carbocycles. The van der Waals surface area contributed by atoms with Crippen molar-refractivity contribution in [1.82, 2.24) is 4.98 Å². The Labute approximate surface area is 157 Å². The third kappa shape index (κ3) is 4.85. The number of ether oxygens (including phenoxy) is 1. The molecule has 1 amide bonds. The van der Waals surface area contributed by atoms with Gasteiger partial charge in [-0.15, -0.1) is 11.3 Å². The molecule has 0 aliphatic heterocycles. The molecule has 0 aliphatic rings. The molecule has 0 saturated heterocycles. The number of anilines is 1. The lowest BCUT2D eigenvalue weighted by Gasteiger charge is -2.07. The third-order valence-electron chi connectivity index (χ3n) is 3.76. The van der Waals surface area contributed by atoms with Crippen LogP contribution in [0.5, 0.6) is 5.75 Å². The number of nitrogens with zero attached hydrogens (tertiary/aromatic N) is 1. The quantitative estimate of drug-likeness (QED) is 0.663. The standard InChI is InChI=1S/C19H15F3N2O2S/c1-26-15-7-5-12(6-8-15)9-17(25)24-18-23-16(11-27-18)13-3-2-4-14(10-13)19(20,21)22/h2-8,10-11H,9H2,1H3,(H,23,24,25). The fourth-order valence-electron chi connectivity index (χ4n) is 2.41. The lowest BCUT2D eigenvalue weighted by atomic mass is 10.1. The van der Waals surface area contributed by atoms with E-state index < -0.39 is 11.7 Å². The van der Waals surface area contributed by atoms with E-state index >= 15 is 0 Å². The van der Waals surface area contributed by atoms with Gasteiger partial charge < -0.3 is 10.1 Å². The Hall–Kier alpha value is -2.87. The molecule has 0 spiro atoms. The number of hydrogen-bond donors (Lipinski definition) is 1. The Balaban J connectivity index is 1.68. The SMILES string of the molecule is COc1ccc(CC(=O)Nc2nc(-c3cccc(C(F)(F)F)c3)cs2)cc1. The molecule has 1 aromatic heterocycles. The van der Waals surface area contributed by atoms with Gasteiger partial charge in [0.05, 0.1) is 24.8 Å². The number of halogens is 3. The molecule has 3 rings (SSSR count). The predicted molar refractivity (Wildman–Crippen MR) is 97.9 cm³/mol. The van der Waals surface area contributed by atoms with Gasteiger partial charge in [-0.25, -0.2) is 4.98 Å². The third-order valence-corrected chi connectivity index (χ3v) is 4.52. The monoisotopic (exact) mass is 392 g/mol. The summed E-state index contributed by atoms with van der Waals surface area (Å²) in [6, 6.07) is 12.0. The number of carbonyl (C=O) groups is 1. The van der Waals surface area contributed by atoms with Crippen molar-refractivity contribution in [2.75, 3.05) is 12.4 Å². The van der Waals surface area contributed by atoms with Crippen LogP contribution in [-0.4, -0.2) is 18.0 Å². The Morgan fingerprint density at radius 3 is 2.59 bits per heavy atom. The highest BCUT2D eigenvalue weighted by molar-refractivity contribution is 7.14. The minimum Gasteiger partial charge on any atom is -0.497 e. The van der Waals surface area contributed by atoms with Crippen molar-refractivity contribution in [3.8, 4) is 17.0 Å². The molecular formula is C19H15F3N2O2S. The first-order valence-corrected chi connectivity index (χ1v) is 8.79. The van der Waals surface area contributed by atoms with Crippen LogP contribution in [-0.2, 0) is 17.4 Å². The second kappa shape index (κ2) is 7.79. The maximum atomic E-state index is 12.8. The van der Waals surface area contributed by atoms with Crippen molar-refractivity contribution in [3.05, 3.63) is 65.0 Å². The minimum absolute atomic E-state index is 0.155. The zero-order valence-electron chi connectivity index (χ0n) is 14.2. The second-order valence-electron chi connectivity index (χ2n) is 5.69. The number of carbonyl (C=O) groups excluding carboxylic acids is 1. The summed E-state index contributed by atoms with van der Waals surface area (Å²) >= 11 is 1.16. The lowest BCUT2D eigenvalue weighted by Crippen LogP contribution is -2.14. The number of methoxy groups -OCH3 is 1. The summed E-state index contributed by atoms with van der Waals surface area (Å²) in [6.07, 6.45) is -4.26. The van der Waals surface area contributed by atoms with Crippen LogP contribution in [0, 0.1) is 0 Å². The molecule has 0 radical (unpaired) electrons. The molecule has 2 aromatic carbocycles.